The number of para-hydroxylation sites is 2. The zero-order chi connectivity index (χ0) is 54.0. The van der Waals surface area contributed by atoms with Crippen molar-refractivity contribution in [3.63, 3.8) is 0 Å². The van der Waals surface area contributed by atoms with Crippen molar-refractivity contribution in [2.45, 2.75) is 94.0 Å². The number of hydrogen-bond acceptors (Lipinski definition) is 2. The third-order valence-electron chi connectivity index (χ3n) is 15.6. The van der Waals surface area contributed by atoms with Gasteiger partial charge in [-0.05, 0) is 161 Å². The van der Waals surface area contributed by atoms with Gasteiger partial charge in [-0.2, -0.15) is 0 Å². The highest BCUT2D eigenvalue weighted by Crippen LogP contribution is 2.51. The fourth-order valence-electron chi connectivity index (χ4n) is 11.9. The molecule has 0 saturated carbocycles. The van der Waals surface area contributed by atoms with Crippen LogP contribution in [-0.2, 0) is 0 Å². The molecule has 2 aliphatic carbocycles. The normalized spacial score (nSPS) is 17.2. The van der Waals surface area contributed by atoms with E-state index in [1.54, 1.807) is 0 Å². The van der Waals surface area contributed by atoms with Crippen molar-refractivity contribution < 1.29 is 4.42 Å². The molecule has 0 radical (unpaired) electrons. The molecule has 0 amide bonds. The topological polar surface area (TPSA) is 16.4 Å². The van der Waals surface area contributed by atoms with E-state index >= 15 is 0 Å². The van der Waals surface area contributed by atoms with Crippen LogP contribution in [0.25, 0.3) is 82.7 Å². The number of rotatable bonds is 9. The van der Waals surface area contributed by atoms with Gasteiger partial charge in [0.15, 0.2) is 0 Å². The highest BCUT2D eigenvalue weighted by atomic mass is 16.3. The number of benzene rings is 8. The molecule has 76 heavy (non-hydrogen) atoms. The van der Waals surface area contributed by atoms with E-state index in [1.807, 2.05) is 26.0 Å². The Kier molecular flexibility index (Phi) is 17.4. The number of fused-ring (bicyclic) bond motifs is 9. The van der Waals surface area contributed by atoms with Gasteiger partial charge in [0, 0.05) is 28.6 Å². The zero-order valence-electron chi connectivity index (χ0n) is 46.5. The van der Waals surface area contributed by atoms with E-state index < -0.39 is 0 Å². The molecule has 0 aliphatic heterocycles. The minimum absolute atomic E-state index is 0.201. The quantitative estimate of drug-likeness (QED) is 0.106. The summed E-state index contributed by atoms with van der Waals surface area (Å²) in [6.07, 6.45) is 25.8. The summed E-state index contributed by atoms with van der Waals surface area (Å²) in [4.78, 5) is 2.47. The lowest BCUT2D eigenvalue weighted by atomic mass is 9.68. The number of terminal acetylenes is 1. The van der Waals surface area contributed by atoms with E-state index in [4.69, 9.17) is 4.42 Å². The van der Waals surface area contributed by atoms with Gasteiger partial charge in [0.1, 0.15) is 11.2 Å². The predicted molar refractivity (Wildman–Crippen MR) is 335 cm³/mol. The van der Waals surface area contributed by atoms with E-state index in [0.29, 0.717) is 11.8 Å². The van der Waals surface area contributed by atoms with Crippen LogP contribution in [0, 0.1) is 18.8 Å². The smallest absolute Gasteiger partial charge is 0.140 e. The summed E-state index contributed by atoms with van der Waals surface area (Å²) in [5.41, 5.74) is 19.0. The Labute approximate surface area is 453 Å². The van der Waals surface area contributed by atoms with Crippen LogP contribution in [0.4, 0.5) is 0 Å². The van der Waals surface area contributed by atoms with Crippen LogP contribution < -0.4 is 0 Å². The largest absolute Gasteiger partial charge is 0.456 e. The van der Waals surface area contributed by atoms with Crippen LogP contribution in [0.15, 0.2) is 210 Å². The third kappa shape index (κ3) is 10.3. The predicted octanol–water partition coefficient (Wildman–Crippen LogP) is 21.4. The van der Waals surface area contributed by atoms with Crippen LogP contribution in [0.5, 0.6) is 0 Å². The van der Waals surface area contributed by atoms with Crippen LogP contribution >= 0.6 is 0 Å². The lowest BCUT2D eigenvalue weighted by molar-refractivity contribution is 0.332. The van der Waals surface area contributed by atoms with E-state index in [0.717, 1.165) is 36.1 Å². The number of hydrogen-bond donors (Lipinski definition) is 0. The van der Waals surface area contributed by atoms with Crippen molar-refractivity contribution in [1.82, 2.24) is 4.90 Å². The first-order valence-electron chi connectivity index (χ1n) is 27.4. The monoisotopic (exact) mass is 994 g/mol. The van der Waals surface area contributed by atoms with E-state index in [-0.39, 0.29) is 6.04 Å². The fourth-order valence-corrected chi connectivity index (χ4v) is 11.9. The van der Waals surface area contributed by atoms with Crippen LogP contribution in [0.1, 0.15) is 133 Å². The van der Waals surface area contributed by atoms with Gasteiger partial charge >= 0.3 is 0 Å². The summed E-state index contributed by atoms with van der Waals surface area (Å²) in [5, 5.41) is 10.2. The molecule has 9 aromatic rings. The summed E-state index contributed by atoms with van der Waals surface area (Å²) in [6.45, 7) is 27.5. The summed E-state index contributed by atoms with van der Waals surface area (Å²) in [5.74, 6) is 0.880. The van der Waals surface area contributed by atoms with E-state index in [9.17, 15) is 0 Å². The summed E-state index contributed by atoms with van der Waals surface area (Å²) in [6, 6.07) is 55.1. The van der Waals surface area contributed by atoms with Crippen molar-refractivity contribution in [2.75, 3.05) is 6.54 Å². The minimum atomic E-state index is 0.201. The van der Waals surface area contributed by atoms with Crippen LogP contribution in [0.3, 0.4) is 0 Å². The highest BCUT2D eigenvalue weighted by molar-refractivity contribution is 6.26. The van der Waals surface area contributed by atoms with Gasteiger partial charge in [-0.25, -0.2) is 0 Å². The molecular formula is C74H75NO. The van der Waals surface area contributed by atoms with Crippen molar-refractivity contribution in [3.05, 3.63) is 245 Å². The fraction of sp³-hybridized carbons (Fsp3) is 0.216. The average molecular weight is 994 g/mol. The van der Waals surface area contributed by atoms with Gasteiger partial charge in [0.2, 0.25) is 0 Å². The van der Waals surface area contributed by atoms with Crippen LogP contribution in [-0.4, -0.2) is 11.4 Å². The molecule has 0 saturated heterocycles. The zero-order valence-corrected chi connectivity index (χ0v) is 46.5. The Bertz CT molecular complexity index is 3780. The summed E-state index contributed by atoms with van der Waals surface area (Å²) >= 11 is 0. The van der Waals surface area contributed by atoms with Crippen molar-refractivity contribution in [1.29, 1.82) is 0 Å². The van der Waals surface area contributed by atoms with Crippen molar-refractivity contribution in [2.24, 2.45) is 5.92 Å². The van der Waals surface area contributed by atoms with Gasteiger partial charge in [-0.1, -0.05) is 227 Å². The second kappa shape index (κ2) is 24.5. The molecule has 1 heterocycles. The molecule has 0 bridgehead atoms. The number of allylic oxidation sites excluding steroid dienone is 11. The maximum absolute atomic E-state index is 6.30. The SMILES string of the molecule is C#C.C=C(C)c1cc2c3ccccc3c3ccccc3c2cc1/C(=C/C)C1=C(C)C[C@H]2c3c(cccc31)/C=C/C=C\C=C(/C)C2C.CC.CC/C=C(\c1ccccc1)N(CC)C(C)c1cccc2c1oc1ccccc12. The van der Waals surface area contributed by atoms with Gasteiger partial charge < -0.3 is 9.32 Å². The molecule has 3 atom stereocenters. The molecule has 0 fully saturated rings. The molecular weight excluding hydrogens is 919 g/mol. The molecule has 11 rings (SSSR count). The molecule has 2 aliphatic rings. The molecule has 0 N–H and O–H groups in total. The molecule has 2 heteroatoms. The maximum Gasteiger partial charge on any atom is 0.140 e. The Morgan fingerprint density at radius 2 is 1.28 bits per heavy atom. The van der Waals surface area contributed by atoms with E-state index in [2.05, 4.69) is 262 Å². The van der Waals surface area contributed by atoms with E-state index in [1.165, 1.54) is 110 Å². The first kappa shape index (κ1) is 54.2. The molecule has 1 aromatic heterocycles. The number of furan rings is 1. The molecule has 2 nitrogen and oxygen atoms in total. The molecule has 8 aromatic carbocycles. The minimum Gasteiger partial charge on any atom is -0.456 e. The maximum atomic E-state index is 6.30. The Morgan fingerprint density at radius 1 is 0.697 bits per heavy atom. The second-order valence-corrected chi connectivity index (χ2v) is 19.9. The van der Waals surface area contributed by atoms with Gasteiger partial charge in [-0.3, -0.25) is 0 Å². The first-order valence-corrected chi connectivity index (χ1v) is 27.4. The molecule has 2 unspecified atom stereocenters. The van der Waals surface area contributed by atoms with Gasteiger partial charge in [0.05, 0.1) is 6.04 Å². The Hall–Kier alpha value is -8.12. The summed E-state index contributed by atoms with van der Waals surface area (Å²) in [7, 11) is 0. The van der Waals surface area contributed by atoms with Crippen molar-refractivity contribution in [3.8, 4) is 12.8 Å². The standard InChI is InChI=1S/C44H40.C26H27NO.C2H6.C2H2/c1-7-32(43-29(5)24-39-30(6)28(4)16-9-8-10-17-31-18-15-23-37(43)44(31)39)40-26-42-36-22-14-12-20-34(36)33-19-11-13-21-35(33)41(42)25-38(40)27(2)3;1-4-12-24(20-13-7-6-8-14-20)27(5-2)19(3)21-16-11-17-23-22-15-9-10-18-25(22)28-26(21)23;2*1-2/h7-23,25-26,30,39H,2,24H2,1,3-6H3;6-19H,4-5H2,1-3H3;1-2H3;1-2H/b9-8-,17-10+,28-16+,32-7-;24-12+;;/t30?,39-;;;/m1.../s1. The second-order valence-electron chi connectivity index (χ2n) is 19.9. The Morgan fingerprint density at radius 3 is 1.89 bits per heavy atom. The molecule has 0 spiro atoms. The average Bonchev–Trinajstić information content (AvgIpc) is 3.89. The third-order valence-corrected chi connectivity index (χ3v) is 15.6. The van der Waals surface area contributed by atoms with Crippen LogP contribution in [0.2, 0.25) is 0 Å². The Balaban J connectivity index is 0.000000206. The van der Waals surface area contributed by atoms with Gasteiger partial charge in [0.25, 0.3) is 0 Å². The lowest BCUT2D eigenvalue weighted by Gasteiger charge is -2.36. The number of nitrogens with zero attached hydrogens (tertiary/aromatic N) is 1. The molecule has 382 valence electrons. The lowest BCUT2D eigenvalue weighted by Crippen LogP contribution is -2.25. The first-order chi connectivity index (χ1) is 37.1. The van der Waals surface area contributed by atoms with Gasteiger partial charge in [-0.15, -0.1) is 12.8 Å². The highest BCUT2D eigenvalue weighted by Gasteiger charge is 2.33. The van der Waals surface area contributed by atoms with Crippen molar-refractivity contribution >= 4 is 82.7 Å². The summed E-state index contributed by atoms with van der Waals surface area (Å²) < 4.78 is 6.30.